The van der Waals surface area contributed by atoms with E-state index >= 15 is 0 Å². The first-order chi connectivity index (χ1) is 15.0. The van der Waals surface area contributed by atoms with Gasteiger partial charge >= 0.3 is 0 Å². The molecule has 32 heavy (non-hydrogen) atoms. The second-order valence-corrected chi connectivity index (χ2v) is 10.0. The van der Waals surface area contributed by atoms with Crippen LogP contribution >= 0.6 is 23.4 Å². The minimum absolute atomic E-state index is 0.165. The molecule has 0 fully saturated rings. The minimum Gasteiger partial charge on any atom is -0.322 e. The molecule has 3 atom stereocenters. The van der Waals surface area contributed by atoms with Crippen LogP contribution in [0, 0.1) is 35.2 Å². The summed E-state index contributed by atoms with van der Waals surface area (Å²) in [6.45, 7) is 10.8. The van der Waals surface area contributed by atoms with Gasteiger partial charge in [-0.05, 0) is 49.3 Å². The Morgan fingerprint density at radius 3 is 2.28 bits per heavy atom. The van der Waals surface area contributed by atoms with E-state index < -0.39 is 23.4 Å². The second kappa shape index (κ2) is 11.8. The molecule has 2 aromatic carbocycles. The van der Waals surface area contributed by atoms with Gasteiger partial charge in [-0.2, -0.15) is 0 Å². The Hall–Kier alpha value is -1.92. The van der Waals surface area contributed by atoms with E-state index in [1.807, 2.05) is 13.0 Å². The summed E-state index contributed by atoms with van der Waals surface area (Å²) in [5.74, 6) is -3.60. The maximum atomic E-state index is 13.5. The average Bonchev–Trinajstić information content (AvgIpc) is 2.72. The molecule has 2 nitrogen and oxygen atoms in total. The Kier molecular flexibility index (Phi) is 9.71. The van der Waals surface area contributed by atoms with E-state index in [0.29, 0.717) is 28.3 Å². The number of hydrogen-bond donors (Lipinski definition) is 1. The Bertz CT molecular complexity index is 957. The normalized spacial score (nSPS) is 14.6. The predicted molar refractivity (Wildman–Crippen MR) is 128 cm³/mol. The Labute approximate surface area is 197 Å². The first kappa shape index (κ1) is 26.3. The Morgan fingerprint density at radius 1 is 1.09 bits per heavy atom. The number of thioether (sulfide) groups is 1. The molecule has 0 heterocycles. The van der Waals surface area contributed by atoms with Crippen molar-refractivity contribution in [3.8, 4) is 0 Å². The summed E-state index contributed by atoms with van der Waals surface area (Å²) in [6.07, 6.45) is 5.17. The zero-order chi connectivity index (χ0) is 24.0. The van der Waals surface area contributed by atoms with Crippen molar-refractivity contribution < 1.29 is 18.0 Å². The summed E-state index contributed by atoms with van der Waals surface area (Å²) in [5.41, 5.74) is 0.126. The number of rotatable bonds is 9. The maximum absolute atomic E-state index is 13.5. The van der Waals surface area contributed by atoms with Gasteiger partial charge in [-0.15, -0.1) is 11.8 Å². The predicted octanol–water partition coefficient (Wildman–Crippen LogP) is 8.36. The van der Waals surface area contributed by atoms with Gasteiger partial charge in [-0.25, -0.2) is 13.2 Å². The molecule has 0 aliphatic heterocycles. The number of carbonyl (C=O) groups excluding carboxylic acids is 1. The van der Waals surface area contributed by atoms with E-state index in [1.165, 1.54) is 0 Å². The highest BCUT2D eigenvalue weighted by molar-refractivity contribution is 8.00. The molecule has 0 spiro atoms. The van der Waals surface area contributed by atoms with Crippen LogP contribution in [-0.2, 0) is 0 Å². The van der Waals surface area contributed by atoms with Gasteiger partial charge < -0.3 is 5.32 Å². The number of allylic oxidation sites excluding steroid dienone is 2. The van der Waals surface area contributed by atoms with Crippen molar-refractivity contribution >= 4 is 35.0 Å². The van der Waals surface area contributed by atoms with Gasteiger partial charge in [0, 0.05) is 33.5 Å². The molecule has 0 saturated carbocycles. The molecule has 0 aromatic heterocycles. The van der Waals surface area contributed by atoms with Crippen molar-refractivity contribution in [3.05, 3.63) is 70.5 Å². The SMILES string of the molecule is C/C=C/C(C)CC(Sc1cc(C(=O)Nc2cc(F)c(F)c(F)c2)ccc1Cl)C(C)C(C)C. The Morgan fingerprint density at radius 2 is 1.72 bits per heavy atom. The van der Waals surface area contributed by atoms with Crippen molar-refractivity contribution in [2.24, 2.45) is 17.8 Å². The Balaban J connectivity index is 2.27. The molecule has 2 rings (SSSR count). The molecule has 7 heteroatoms. The van der Waals surface area contributed by atoms with Crippen LogP contribution in [0.4, 0.5) is 18.9 Å². The maximum Gasteiger partial charge on any atom is 0.255 e. The number of halogens is 4. The lowest BCUT2D eigenvalue weighted by atomic mass is 9.89. The van der Waals surface area contributed by atoms with Crippen LogP contribution in [0.3, 0.4) is 0 Å². The summed E-state index contributed by atoms with van der Waals surface area (Å²) in [5, 5.41) is 3.22. The molecule has 0 aliphatic carbocycles. The van der Waals surface area contributed by atoms with Gasteiger partial charge in [0.1, 0.15) is 0 Å². The monoisotopic (exact) mass is 483 g/mol. The van der Waals surface area contributed by atoms with Gasteiger partial charge in [-0.1, -0.05) is 51.4 Å². The zero-order valence-corrected chi connectivity index (χ0v) is 20.5. The summed E-state index contributed by atoms with van der Waals surface area (Å²) in [7, 11) is 0. The van der Waals surface area contributed by atoms with Crippen LogP contribution < -0.4 is 5.32 Å². The fraction of sp³-hybridized carbons (Fsp3) is 0.400. The van der Waals surface area contributed by atoms with Crippen LogP contribution in [0.25, 0.3) is 0 Å². The average molecular weight is 484 g/mol. The number of benzene rings is 2. The molecule has 0 radical (unpaired) electrons. The fourth-order valence-corrected chi connectivity index (χ4v) is 5.18. The molecular weight excluding hydrogens is 455 g/mol. The highest BCUT2D eigenvalue weighted by Gasteiger charge is 2.24. The third kappa shape index (κ3) is 7.04. The van der Waals surface area contributed by atoms with Crippen molar-refractivity contribution in [2.45, 2.75) is 51.2 Å². The molecule has 0 saturated heterocycles. The van der Waals surface area contributed by atoms with E-state index in [-0.39, 0.29) is 10.9 Å². The number of nitrogens with one attached hydrogen (secondary N) is 1. The quantitative estimate of drug-likeness (QED) is 0.220. The van der Waals surface area contributed by atoms with Crippen molar-refractivity contribution in [3.63, 3.8) is 0 Å². The fourth-order valence-electron chi connectivity index (χ4n) is 3.30. The number of anilines is 1. The van der Waals surface area contributed by atoms with Crippen LogP contribution in [0.15, 0.2) is 47.4 Å². The van der Waals surface area contributed by atoms with E-state index in [0.717, 1.165) is 23.4 Å². The standard InChI is InChI=1S/C25H29ClF3NOS/c1-6-7-15(4)10-22(16(5)14(2)3)32-23-11-17(8-9-19(23)26)25(31)30-18-12-20(27)24(29)21(28)13-18/h6-9,11-16,22H,10H2,1-5H3,(H,30,31)/b7-6+. The zero-order valence-electron chi connectivity index (χ0n) is 18.9. The van der Waals surface area contributed by atoms with Gasteiger partial charge in [0.25, 0.3) is 5.91 Å². The minimum atomic E-state index is -1.58. The van der Waals surface area contributed by atoms with Crippen molar-refractivity contribution in [2.75, 3.05) is 5.32 Å². The first-order valence-corrected chi connectivity index (χ1v) is 11.8. The van der Waals surface area contributed by atoms with E-state index in [4.69, 9.17) is 11.6 Å². The topological polar surface area (TPSA) is 29.1 Å². The number of amides is 1. The summed E-state index contributed by atoms with van der Waals surface area (Å²) < 4.78 is 40.1. The number of hydrogen-bond acceptors (Lipinski definition) is 2. The highest BCUT2D eigenvalue weighted by Crippen LogP contribution is 2.39. The van der Waals surface area contributed by atoms with Crippen molar-refractivity contribution in [1.29, 1.82) is 0 Å². The molecule has 1 amide bonds. The van der Waals surface area contributed by atoms with Gasteiger partial charge in [-0.3, -0.25) is 4.79 Å². The molecule has 174 valence electrons. The highest BCUT2D eigenvalue weighted by atomic mass is 35.5. The summed E-state index contributed by atoms with van der Waals surface area (Å²) >= 11 is 8.07. The lowest BCUT2D eigenvalue weighted by molar-refractivity contribution is 0.102. The summed E-state index contributed by atoms with van der Waals surface area (Å²) in [4.78, 5) is 13.4. The van der Waals surface area contributed by atoms with Crippen molar-refractivity contribution in [1.82, 2.24) is 0 Å². The molecule has 2 aromatic rings. The van der Waals surface area contributed by atoms with Gasteiger partial charge in [0.15, 0.2) is 17.5 Å². The lowest BCUT2D eigenvalue weighted by Gasteiger charge is -2.28. The smallest absolute Gasteiger partial charge is 0.255 e. The third-order valence-corrected chi connectivity index (χ3v) is 7.43. The van der Waals surface area contributed by atoms with Crippen LogP contribution in [-0.4, -0.2) is 11.2 Å². The first-order valence-electron chi connectivity index (χ1n) is 10.6. The van der Waals surface area contributed by atoms with Crippen LogP contribution in [0.2, 0.25) is 5.02 Å². The lowest BCUT2D eigenvalue weighted by Crippen LogP contribution is -2.22. The van der Waals surface area contributed by atoms with Crippen LogP contribution in [0.5, 0.6) is 0 Å². The molecular formula is C25H29ClF3NOS. The molecule has 0 bridgehead atoms. The van der Waals surface area contributed by atoms with E-state index in [2.05, 4.69) is 39.1 Å². The largest absolute Gasteiger partial charge is 0.322 e. The summed E-state index contributed by atoms with van der Waals surface area (Å²) in [6, 6.07) is 6.34. The van der Waals surface area contributed by atoms with E-state index in [1.54, 1.807) is 30.0 Å². The third-order valence-electron chi connectivity index (χ3n) is 5.48. The molecule has 0 aliphatic rings. The molecule has 1 N–H and O–H groups in total. The number of carbonyl (C=O) groups is 1. The second-order valence-electron chi connectivity index (χ2n) is 8.35. The molecule has 3 unspecified atom stereocenters. The van der Waals surface area contributed by atoms with Gasteiger partial charge in [0.2, 0.25) is 0 Å². The van der Waals surface area contributed by atoms with Crippen LogP contribution in [0.1, 0.15) is 51.4 Å². The van der Waals surface area contributed by atoms with E-state index in [9.17, 15) is 18.0 Å². The van der Waals surface area contributed by atoms with Gasteiger partial charge in [0.05, 0.1) is 5.02 Å².